The standard InChI is InChI=1S/C10H16N6O/c1-7(4-5-17-3)16-10-8(14-15-16)9(11-2)12-6-13-10/h6-7H,4-5H2,1-3H3,(H,11,12,13). The van der Waals surface area contributed by atoms with E-state index in [9.17, 15) is 0 Å². The highest BCUT2D eigenvalue weighted by Gasteiger charge is 2.14. The van der Waals surface area contributed by atoms with Gasteiger partial charge in [-0.15, -0.1) is 5.10 Å². The van der Waals surface area contributed by atoms with Crippen molar-refractivity contribution in [3.8, 4) is 0 Å². The third kappa shape index (κ3) is 2.19. The van der Waals surface area contributed by atoms with Gasteiger partial charge in [-0.1, -0.05) is 5.21 Å². The number of nitrogens with zero attached hydrogens (tertiary/aromatic N) is 5. The van der Waals surface area contributed by atoms with Crippen LogP contribution in [0.4, 0.5) is 5.82 Å². The van der Waals surface area contributed by atoms with E-state index < -0.39 is 0 Å². The largest absolute Gasteiger partial charge is 0.385 e. The first kappa shape index (κ1) is 11.7. The van der Waals surface area contributed by atoms with Crippen molar-refractivity contribution in [1.82, 2.24) is 25.0 Å². The zero-order chi connectivity index (χ0) is 12.3. The molecule has 92 valence electrons. The molecular weight excluding hydrogens is 220 g/mol. The quantitative estimate of drug-likeness (QED) is 0.829. The molecule has 0 aliphatic heterocycles. The molecule has 2 rings (SSSR count). The van der Waals surface area contributed by atoms with Crippen LogP contribution < -0.4 is 5.32 Å². The van der Waals surface area contributed by atoms with E-state index >= 15 is 0 Å². The van der Waals surface area contributed by atoms with Gasteiger partial charge in [-0.3, -0.25) is 0 Å². The number of methoxy groups -OCH3 is 1. The first-order valence-electron chi connectivity index (χ1n) is 5.50. The molecule has 0 aliphatic carbocycles. The van der Waals surface area contributed by atoms with Crippen LogP contribution >= 0.6 is 0 Å². The number of fused-ring (bicyclic) bond motifs is 1. The van der Waals surface area contributed by atoms with Gasteiger partial charge in [0, 0.05) is 20.8 Å². The molecule has 7 heteroatoms. The second-order valence-corrected chi connectivity index (χ2v) is 3.81. The van der Waals surface area contributed by atoms with Gasteiger partial charge in [0.05, 0.1) is 6.04 Å². The summed E-state index contributed by atoms with van der Waals surface area (Å²) in [6.45, 7) is 2.75. The third-order valence-electron chi connectivity index (χ3n) is 2.66. The summed E-state index contributed by atoms with van der Waals surface area (Å²) in [6.07, 6.45) is 2.38. The number of hydrogen-bond acceptors (Lipinski definition) is 6. The van der Waals surface area contributed by atoms with Gasteiger partial charge in [-0.2, -0.15) is 0 Å². The van der Waals surface area contributed by atoms with E-state index in [-0.39, 0.29) is 6.04 Å². The Kier molecular flexibility index (Phi) is 3.48. The Morgan fingerprint density at radius 2 is 2.29 bits per heavy atom. The summed E-state index contributed by atoms with van der Waals surface area (Å²) in [4.78, 5) is 8.32. The Hall–Kier alpha value is -1.76. The molecule has 1 N–H and O–H groups in total. The number of rotatable bonds is 5. The van der Waals surface area contributed by atoms with Crippen LogP contribution in [0.15, 0.2) is 6.33 Å². The molecule has 2 heterocycles. The topological polar surface area (TPSA) is 77.8 Å². The van der Waals surface area contributed by atoms with E-state index in [0.29, 0.717) is 17.9 Å². The minimum absolute atomic E-state index is 0.194. The smallest absolute Gasteiger partial charge is 0.184 e. The average molecular weight is 236 g/mol. The SMILES string of the molecule is CNc1ncnc2c1nnn2C(C)CCOC. The maximum Gasteiger partial charge on any atom is 0.184 e. The van der Waals surface area contributed by atoms with Gasteiger partial charge < -0.3 is 10.1 Å². The Morgan fingerprint density at radius 3 is 3.00 bits per heavy atom. The summed E-state index contributed by atoms with van der Waals surface area (Å²) in [5.41, 5.74) is 1.44. The van der Waals surface area contributed by atoms with Gasteiger partial charge in [-0.05, 0) is 13.3 Å². The molecule has 0 fully saturated rings. The van der Waals surface area contributed by atoms with Crippen molar-refractivity contribution >= 4 is 17.0 Å². The van der Waals surface area contributed by atoms with Crippen molar-refractivity contribution in [2.45, 2.75) is 19.4 Å². The van der Waals surface area contributed by atoms with Crippen LogP contribution in [-0.2, 0) is 4.74 Å². The molecule has 0 spiro atoms. The van der Waals surface area contributed by atoms with E-state index in [4.69, 9.17) is 4.74 Å². The Bertz CT molecular complexity index is 497. The van der Waals surface area contributed by atoms with Crippen LogP contribution in [0.3, 0.4) is 0 Å². The van der Waals surface area contributed by atoms with Gasteiger partial charge >= 0.3 is 0 Å². The Morgan fingerprint density at radius 1 is 1.47 bits per heavy atom. The van der Waals surface area contributed by atoms with Crippen molar-refractivity contribution in [2.75, 3.05) is 26.1 Å². The molecule has 0 bridgehead atoms. The Balaban J connectivity index is 2.36. The minimum Gasteiger partial charge on any atom is -0.385 e. The molecule has 7 nitrogen and oxygen atoms in total. The molecule has 0 aromatic carbocycles. The predicted octanol–water partition coefficient (Wildman–Crippen LogP) is 0.860. The van der Waals surface area contributed by atoms with E-state index in [1.807, 2.05) is 0 Å². The summed E-state index contributed by atoms with van der Waals surface area (Å²) >= 11 is 0. The summed E-state index contributed by atoms with van der Waals surface area (Å²) in [7, 11) is 3.49. The molecule has 17 heavy (non-hydrogen) atoms. The summed E-state index contributed by atoms with van der Waals surface area (Å²) in [5, 5.41) is 11.2. The van der Waals surface area contributed by atoms with Crippen molar-refractivity contribution in [2.24, 2.45) is 0 Å². The lowest BCUT2D eigenvalue weighted by molar-refractivity contribution is 0.179. The lowest BCUT2D eigenvalue weighted by Crippen LogP contribution is -2.10. The van der Waals surface area contributed by atoms with E-state index in [1.165, 1.54) is 6.33 Å². The fourth-order valence-electron chi connectivity index (χ4n) is 1.66. The van der Waals surface area contributed by atoms with Crippen molar-refractivity contribution in [1.29, 1.82) is 0 Å². The molecule has 0 radical (unpaired) electrons. The van der Waals surface area contributed by atoms with Crippen LogP contribution in [0.5, 0.6) is 0 Å². The highest BCUT2D eigenvalue weighted by Crippen LogP contribution is 2.19. The lowest BCUT2D eigenvalue weighted by atomic mass is 10.2. The van der Waals surface area contributed by atoms with Crippen molar-refractivity contribution in [3.63, 3.8) is 0 Å². The van der Waals surface area contributed by atoms with Crippen molar-refractivity contribution in [3.05, 3.63) is 6.33 Å². The number of nitrogens with one attached hydrogen (secondary N) is 1. The summed E-state index contributed by atoms with van der Waals surface area (Å²) in [6, 6.07) is 0.194. The molecule has 0 aliphatic rings. The number of ether oxygens (including phenoxy) is 1. The van der Waals surface area contributed by atoms with Gasteiger partial charge in [0.2, 0.25) is 0 Å². The lowest BCUT2D eigenvalue weighted by Gasteiger charge is -2.10. The highest BCUT2D eigenvalue weighted by molar-refractivity contribution is 5.81. The van der Waals surface area contributed by atoms with Crippen LogP contribution in [0.25, 0.3) is 11.2 Å². The normalized spacial score (nSPS) is 12.9. The predicted molar refractivity (Wildman–Crippen MR) is 63.9 cm³/mol. The van der Waals surface area contributed by atoms with Crippen LogP contribution in [0, 0.1) is 0 Å². The first-order valence-corrected chi connectivity index (χ1v) is 5.50. The molecule has 0 amide bonds. The van der Waals surface area contributed by atoms with E-state index in [2.05, 4.69) is 32.5 Å². The van der Waals surface area contributed by atoms with Crippen molar-refractivity contribution < 1.29 is 4.74 Å². The zero-order valence-electron chi connectivity index (χ0n) is 10.2. The Labute approximate surface area is 99.2 Å². The zero-order valence-corrected chi connectivity index (χ0v) is 10.2. The van der Waals surface area contributed by atoms with E-state index in [1.54, 1.807) is 18.8 Å². The van der Waals surface area contributed by atoms with Gasteiger partial charge in [0.25, 0.3) is 0 Å². The maximum atomic E-state index is 5.06. The molecule has 1 atom stereocenters. The van der Waals surface area contributed by atoms with E-state index in [0.717, 1.165) is 12.1 Å². The molecule has 2 aromatic heterocycles. The molecule has 1 unspecified atom stereocenters. The summed E-state index contributed by atoms with van der Waals surface area (Å²) in [5.74, 6) is 0.695. The van der Waals surface area contributed by atoms with Crippen LogP contribution in [-0.4, -0.2) is 45.7 Å². The second-order valence-electron chi connectivity index (χ2n) is 3.81. The average Bonchev–Trinajstić information content (AvgIpc) is 2.79. The van der Waals surface area contributed by atoms with Gasteiger partial charge in [0.15, 0.2) is 17.0 Å². The molecule has 0 saturated carbocycles. The molecular formula is C10H16N6O. The minimum atomic E-state index is 0.194. The van der Waals surface area contributed by atoms with Gasteiger partial charge in [-0.25, -0.2) is 14.6 Å². The number of anilines is 1. The van der Waals surface area contributed by atoms with Crippen LogP contribution in [0.2, 0.25) is 0 Å². The fourth-order valence-corrected chi connectivity index (χ4v) is 1.66. The second kappa shape index (κ2) is 5.05. The van der Waals surface area contributed by atoms with Crippen LogP contribution in [0.1, 0.15) is 19.4 Å². The number of aromatic nitrogens is 5. The molecule has 2 aromatic rings. The molecule has 0 saturated heterocycles. The fraction of sp³-hybridized carbons (Fsp3) is 0.600. The first-order chi connectivity index (χ1) is 8.27. The third-order valence-corrected chi connectivity index (χ3v) is 2.66. The number of hydrogen-bond donors (Lipinski definition) is 1. The summed E-state index contributed by atoms with van der Waals surface area (Å²) < 4.78 is 6.86. The monoisotopic (exact) mass is 236 g/mol. The highest BCUT2D eigenvalue weighted by atomic mass is 16.5. The maximum absolute atomic E-state index is 5.06. The van der Waals surface area contributed by atoms with Gasteiger partial charge in [0.1, 0.15) is 6.33 Å².